The van der Waals surface area contributed by atoms with Gasteiger partial charge in [-0.25, -0.2) is 4.39 Å². The van der Waals surface area contributed by atoms with Crippen LogP contribution in [0.15, 0.2) is 46.9 Å². The molecule has 0 radical (unpaired) electrons. The molecule has 2 aromatic carbocycles. The fourth-order valence-corrected chi connectivity index (χ4v) is 3.55. The maximum Gasteiger partial charge on any atom is 0.309 e. The van der Waals surface area contributed by atoms with Crippen molar-refractivity contribution in [3.05, 3.63) is 53.8 Å². The molecule has 0 bridgehead atoms. The summed E-state index contributed by atoms with van der Waals surface area (Å²) in [5.74, 6) is -0.179. The van der Waals surface area contributed by atoms with Crippen LogP contribution >= 0.6 is 0 Å². The fraction of sp³-hybridized carbons (Fsp3) is 0.348. The fourth-order valence-electron chi connectivity index (χ4n) is 3.55. The molecule has 1 N–H and O–H groups in total. The summed E-state index contributed by atoms with van der Waals surface area (Å²) >= 11 is 0. The Kier molecular flexibility index (Phi) is 5.53. The van der Waals surface area contributed by atoms with Crippen molar-refractivity contribution in [1.82, 2.24) is 4.90 Å². The van der Waals surface area contributed by atoms with E-state index in [1.54, 1.807) is 6.07 Å². The van der Waals surface area contributed by atoms with Gasteiger partial charge in [-0.15, -0.1) is 0 Å². The van der Waals surface area contributed by atoms with Crippen LogP contribution in [0.2, 0.25) is 0 Å². The van der Waals surface area contributed by atoms with E-state index in [1.165, 1.54) is 6.07 Å². The van der Waals surface area contributed by atoms with Crippen molar-refractivity contribution in [2.45, 2.75) is 26.3 Å². The number of hydrogen-bond donors (Lipinski definition) is 1. The lowest BCUT2D eigenvalue weighted by molar-refractivity contribution is -0.147. The van der Waals surface area contributed by atoms with Crippen LogP contribution in [0.4, 0.5) is 4.39 Å². The summed E-state index contributed by atoms with van der Waals surface area (Å²) in [5.41, 5.74) is 1.91. The number of carbonyl (C=O) groups is 1. The first kappa shape index (κ1) is 19.5. The highest BCUT2D eigenvalue weighted by molar-refractivity contribution is 5.84. The summed E-state index contributed by atoms with van der Waals surface area (Å²) in [6.45, 7) is 4.34. The third-order valence-electron chi connectivity index (χ3n) is 5.27. The number of nitrogens with zero attached hydrogens (tertiary/aromatic N) is 1. The van der Waals surface area contributed by atoms with Gasteiger partial charge in [-0.05, 0) is 48.4 Å². The van der Waals surface area contributed by atoms with Crippen LogP contribution in [0.25, 0.3) is 22.3 Å². The lowest BCUT2D eigenvalue weighted by Crippen LogP contribution is -2.49. The Balaban J connectivity index is 1.47. The second-order valence-electron chi connectivity index (χ2n) is 7.56. The van der Waals surface area contributed by atoms with E-state index in [4.69, 9.17) is 14.3 Å². The lowest BCUT2D eigenvalue weighted by atomic mass is 9.99. The number of hydrogen-bond acceptors (Lipinski definition) is 4. The minimum Gasteiger partial charge on any atom is -0.494 e. The second-order valence-corrected chi connectivity index (χ2v) is 7.56. The van der Waals surface area contributed by atoms with Gasteiger partial charge in [0, 0.05) is 25.0 Å². The van der Waals surface area contributed by atoms with Gasteiger partial charge >= 0.3 is 5.97 Å². The molecule has 1 saturated heterocycles. The summed E-state index contributed by atoms with van der Waals surface area (Å²) in [5, 5.41) is 9.82. The van der Waals surface area contributed by atoms with E-state index in [9.17, 15) is 9.18 Å². The Morgan fingerprint density at radius 2 is 2.07 bits per heavy atom. The highest BCUT2D eigenvalue weighted by Crippen LogP contribution is 2.32. The average Bonchev–Trinajstić information content (AvgIpc) is 3.07. The van der Waals surface area contributed by atoms with Gasteiger partial charge in [0.05, 0.1) is 18.1 Å². The van der Waals surface area contributed by atoms with Gasteiger partial charge < -0.3 is 14.3 Å². The number of unbranched alkanes of at least 4 members (excludes halogenated alkanes) is 1. The SMILES string of the molecule is CCCCOc1ccc2oc(-c3ccc(CN4CC(C(=O)O)C4)cc3F)cc2c1. The monoisotopic (exact) mass is 397 g/mol. The van der Waals surface area contributed by atoms with E-state index < -0.39 is 5.97 Å². The van der Waals surface area contributed by atoms with Crippen molar-refractivity contribution in [3.63, 3.8) is 0 Å². The van der Waals surface area contributed by atoms with Gasteiger partial charge in [-0.3, -0.25) is 9.69 Å². The molecule has 4 rings (SSSR count). The molecule has 0 atom stereocenters. The van der Waals surface area contributed by atoms with Crippen molar-refractivity contribution >= 4 is 16.9 Å². The third-order valence-corrected chi connectivity index (χ3v) is 5.27. The molecular formula is C23H24FNO4. The van der Waals surface area contributed by atoms with E-state index in [2.05, 4.69) is 6.92 Å². The van der Waals surface area contributed by atoms with Crippen molar-refractivity contribution in [2.24, 2.45) is 5.92 Å². The predicted octanol–water partition coefficient (Wildman–Crippen LogP) is 4.93. The molecule has 0 saturated carbocycles. The van der Waals surface area contributed by atoms with Crippen LogP contribution in [0.3, 0.4) is 0 Å². The number of carboxylic acid groups (broad SMARTS) is 1. The first-order chi connectivity index (χ1) is 14.0. The summed E-state index contributed by atoms with van der Waals surface area (Å²) in [4.78, 5) is 12.9. The Hall–Kier alpha value is -2.86. The zero-order valence-corrected chi connectivity index (χ0v) is 16.4. The van der Waals surface area contributed by atoms with Crippen molar-refractivity contribution in [1.29, 1.82) is 0 Å². The molecule has 5 nitrogen and oxygen atoms in total. The Labute approximate surface area is 168 Å². The molecule has 3 aromatic rings. The van der Waals surface area contributed by atoms with E-state index in [1.807, 2.05) is 35.2 Å². The molecule has 0 unspecified atom stereocenters. The number of furan rings is 1. The predicted molar refractivity (Wildman–Crippen MR) is 108 cm³/mol. The van der Waals surface area contributed by atoms with Crippen molar-refractivity contribution < 1.29 is 23.4 Å². The van der Waals surface area contributed by atoms with Crippen LogP contribution < -0.4 is 4.74 Å². The van der Waals surface area contributed by atoms with Gasteiger partial charge in [0.15, 0.2) is 0 Å². The highest BCUT2D eigenvalue weighted by atomic mass is 19.1. The Morgan fingerprint density at radius 1 is 1.24 bits per heavy atom. The van der Waals surface area contributed by atoms with Gasteiger partial charge in [0.25, 0.3) is 0 Å². The molecule has 2 heterocycles. The summed E-state index contributed by atoms with van der Waals surface area (Å²) < 4.78 is 26.3. The zero-order valence-electron chi connectivity index (χ0n) is 16.4. The number of fused-ring (bicyclic) bond motifs is 1. The second kappa shape index (κ2) is 8.25. The quantitative estimate of drug-likeness (QED) is 0.546. The number of benzene rings is 2. The molecule has 1 aliphatic rings. The molecule has 0 spiro atoms. The third kappa shape index (κ3) is 4.27. The average molecular weight is 397 g/mol. The van der Waals surface area contributed by atoms with Crippen LogP contribution in [0, 0.1) is 11.7 Å². The number of ether oxygens (including phenoxy) is 1. The van der Waals surface area contributed by atoms with Gasteiger partial charge in [0.1, 0.15) is 22.9 Å². The molecule has 1 fully saturated rings. The standard InChI is InChI=1S/C23H24FNO4/c1-2-3-8-28-18-5-7-21-16(10-18)11-22(29-21)19-6-4-15(9-20(19)24)12-25-13-17(14-25)23(26)27/h4-7,9-11,17H,2-3,8,12-14H2,1H3,(H,26,27). The molecule has 0 amide bonds. The van der Waals surface area contributed by atoms with Crippen LogP contribution in [0.5, 0.6) is 5.75 Å². The maximum absolute atomic E-state index is 14.7. The summed E-state index contributed by atoms with van der Waals surface area (Å²) in [6.07, 6.45) is 2.08. The number of halogens is 1. The van der Waals surface area contributed by atoms with E-state index >= 15 is 0 Å². The first-order valence-electron chi connectivity index (χ1n) is 9.94. The molecular weight excluding hydrogens is 373 g/mol. The lowest BCUT2D eigenvalue weighted by Gasteiger charge is -2.36. The Bertz CT molecular complexity index is 1020. The van der Waals surface area contributed by atoms with E-state index in [0.717, 1.165) is 29.5 Å². The van der Waals surface area contributed by atoms with E-state index in [0.29, 0.717) is 43.1 Å². The smallest absolute Gasteiger partial charge is 0.309 e. The van der Waals surface area contributed by atoms with Crippen LogP contribution in [-0.4, -0.2) is 35.7 Å². The van der Waals surface area contributed by atoms with Gasteiger partial charge in [0.2, 0.25) is 0 Å². The largest absolute Gasteiger partial charge is 0.494 e. The molecule has 1 aliphatic heterocycles. The maximum atomic E-state index is 14.7. The van der Waals surface area contributed by atoms with Crippen LogP contribution in [-0.2, 0) is 11.3 Å². The molecule has 1 aromatic heterocycles. The molecule has 29 heavy (non-hydrogen) atoms. The van der Waals surface area contributed by atoms with Gasteiger partial charge in [-0.1, -0.05) is 19.4 Å². The van der Waals surface area contributed by atoms with Crippen LogP contribution in [0.1, 0.15) is 25.3 Å². The summed E-state index contributed by atoms with van der Waals surface area (Å²) in [7, 11) is 0. The first-order valence-corrected chi connectivity index (χ1v) is 9.94. The number of rotatable bonds is 8. The zero-order chi connectivity index (χ0) is 20.4. The molecule has 6 heteroatoms. The topological polar surface area (TPSA) is 62.9 Å². The minimum atomic E-state index is -0.772. The van der Waals surface area contributed by atoms with E-state index in [-0.39, 0.29) is 11.7 Å². The minimum absolute atomic E-state index is 0.314. The normalized spacial score (nSPS) is 14.8. The molecule has 152 valence electrons. The number of likely N-dealkylation sites (tertiary alicyclic amines) is 1. The van der Waals surface area contributed by atoms with Crippen molar-refractivity contribution in [3.8, 4) is 17.1 Å². The number of carboxylic acids is 1. The van der Waals surface area contributed by atoms with Crippen molar-refractivity contribution in [2.75, 3.05) is 19.7 Å². The summed E-state index contributed by atoms with van der Waals surface area (Å²) in [6, 6.07) is 12.5. The van der Waals surface area contributed by atoms with Gasteiger partial charge in [-0.2, -0.15) is 0 Å². The number of aliphatic carboxylic acids is 1. The Morgan fingerprint density at radius 3 is 2.79 bits per heavy atom. The highest BCUT2D eigenvalue weighted by Gasteiger charge is 2.32. The molecule has 0 aliphatic carbocycles.